The van der Waals surface area contributed by atoms with Crippen LogP contribution in [-0.2, 0) is 4.79 Å². The van der Waals surface area contributed by atoms with Gasteiger partial charge in [-0.1, -0.05) is 0 Å². The lowest BCUT2D eigenvalue weighted by Crippen LogP contribution is -2.35. The molecule has 4 heteroatoms. The molecule has 4 N–H and O–H groups in total. The molecule has 0 radical (unpaired) electrons. The van der Waals surface area contributed by atoms with Crippen LogP contribution in [0.5, 0.6) is 0 Å². The average molecular weight is 143 g/mol. The van der Waals surface area contributed by atoms with Gasteiger partial charge in [-0.05, 0) is 0 Å². The maximum absolute atomic E-state index is 10.6. The number of nitrogens with two attached hydrogens (primary N) is 1. The third kappa shape index (κ3) is 1.97. The van der Waals surface area contributed by atoms with Gasteiger partial charge in [-0.25, -0.2) is 0 Å². The zero-order valence-corrected chi connectivity index (χ0v) is 5.89. The smallest absolute Gasteiger partial charge is 0.223 e. The number of nitrogens with one attached hydrogen (secondary N) is 2. The highest BCUT2D eigenvalue weighted by Gasteiger charge is 2.15. The SMILES string of the molecule is NC(=O)C1CNCCNC1. The highest BCUT2D eigenvalue weighted by molar-refractivity contribution is 5.77. The van der Waals surface area contributed by atoms with Gasteiger partial charge in [0.25, 0.3) is 0 Å². The van der Waals surface area contributed by atoms with Gasteiger partial charge >= 0.3 is 0 Å². The fraction of sp³-hybridized carbons (Fsp3) is 0.833. The van der Waals surface area contributed by atoms with E-state index in [0.717, 1.165) is 13.1 Å². The van der Waals surface area contributed by atoms with Gasteiger partial charge in [-0.15, -0.1) is 0 Å². The molecule has 0 bridgehead atoms. The summed E-state index contributed by atoms with van der Waals surface area (Å²) in [5, 5.41) is 6.23. The molecule has 0 atom stereocenters. The van der Waals surface area contributed by atoms with Crippen molar-refractivity contribution in [3.05, 3.63) is 0 Å². The summed E-state index contributed by atoms with van der Waals surface area (Å²) in [5.41, 5.74) is 5.12. The summed E-state index contributed by atoms with van der Waals surface area (Å²) in [7, 11) is 0. The third-order valence-electron chi connectivity index (χ3n) is 1.66. The number of rotatable bonds is 1. The monoisotopic (exact) mass is 143 g/mol. The molecular weight excluding hydrogens is 130 g/mol. The maximum Gasteiger partial charge on any atom is 0.223 e. The lowest BCUT2D eigenvalue weighted by atomic mass is 10.1. The third-order valence-corrected chi connectivity index (χ3v) is 1.66. The zero-order valence-electron chi connectivity index (χ0n) is 5.89. The van der Waals surface area contributed by atoms with Crippen LogP contribution in [0.2, 0.25) is 0 Å². The number of carbonyl (C=O) groups is 1. The molecule has 1 fully saturated rings. The van der Waals surface area contributed by atoms with Gasteiger partial charge in [0.15, 0.2) is 0 Å². The molecule has 1 aliphatic heterocycles. The molecule has 1 rings (SSSR count). The van der Waals surface area contributed by atoms with Crippen LogP contribution in [0.3, 0.4) is 0 Å². The molecule has 4 nitrogen and oxygen atoms in total. The van der Waals surface area contributed by atoms with Crippen molar-refractivity contribution in [2.45, 2.75) is 0 Å². The Morgan fingerprint density at radius 1 is 1.30 bits per heavy atom. The Labute approximate surface area is 60.2 Å². The Balaban J connectivity index is 2.35. The van der Waals surface area contributed by atoms with E-state index in [4.69, 9.17) is 5.73 Å². The number of hydrogen-bond donors (Lipinski definition) is 3. The van der Waals surface area contributed by atoms with E-state index in [9.17, 15) is 4.79 Å². The molecule has 0 aromatic carbocycles. The number of amides is 1. The zero-order chi connectivity index (χ0) is 7.40. The molecule has 0 unspecified atom stereocenters. The van der Waals surface area contributed by atoms with Crippen LogP contribution >= 0.6 is 0 Å². The molecule has 0 aliphatic carbocycles. The van der Waals surface area contributed by atoms with Gasteiger partial charge in [-0.2, -0.15) is 0 Å². The summed E-state index contributed by atoms with van der Waals surface area (Å²) in [4.78, 5) is 10.6. The quantitative estimate of drug-likeness (QED) is 0.409. The molecule has 1 heterocycles. The van der Waals surface area contributed by atoms with E-state index in [1.807, 2.05) is 0 Å². The molecule has 0 aromatic heterocycles. The van der Waals surface area contributed by atoms with Crippen LogP contribution in [0.4, 0.5) is 0 Å². The van der Waals surface area contributed by atoms with Crippen LogP contribution in [-0.4, -0.2) is 32.1 Å². The van der Waals surface area contributed by atoms with Crippen molar-refractivity contribution in [3.63, 3.8) is 0 Å². The van der Waals surface area contributed by atoms with Crippen molar-refractivity contribution in [3.8, 4) is 0 Å². The molecule has 0 aromatic rings. The van der Waals surface area contributed by atoms with Crippen molar-refractivity contribution in [1.82, 2.24) is 10.6 Å². The van der Waals surface area contributed by atoms with E-state index in [0.29, 0.717) is 13.1 Å². The highest BCUT2D eigenvalue weighted by atomic mass is 16.1. The van der Waals surface area contributed by atoms with Crippen molar-refractivity contribution >= 4 is 5.91 Å². The number of hydrogen-bond acceptors (Lipinski definition) is 3. The molecular formula is C6H13N3O. The van der Waals surface area contributed by atoms with Crippen LogP contribution in [0.15, 0.2) is 0 Å². The van der Waals surface area contributed by atoms with E-state index in [-0.39, 0.29) is 11.8 Å². The predicted molar refractivity (Wildman–Crippen MR) is 38.4 cm³/mol. The van der Waals surface area contributed by atoms with E-state index >= 15 is 0 Å². The van der Waals surface area contributed by atoms with Crippen LogP contribution in [0.25, 0.3) is 0 Å². The van der Waals surface area contributed by atoms with E-state index < -0.39 is 0 Å². The normalized spacial score (nSPS) is 22.0. The van der Waals surface area contributed by atoms with Crippen molar-refractivity contribution in [2.24, 2.45) is 11.7 Å². The molecule has 1 aliphatic rings. The minimum Gasteiger partial charge on any atom is -0.369 e. The fourth-order valence-corrected chi connectivity index (χ4v) is 1.00. The first-order chi connectivity index (χ1) is 4.80. The average Bonchev–Trinajstić information content (AvgIpc) is 2.12. The summed E-state index contributed by atoms with van der Waals surface area (Å²) < 4.78 is 0. The molecule has 1 amide bonds. The van der Waals surface area contributed by atoms with E-state index in [1.165, 1.54) is 0 Å². The van der Waals surface area contributed by atoms with Crippen molar-refractivity contribution < 1.29 is 4.79 Å². The van der Waals surface area contributed by atoms with Gasteiger partial charge in [-0.3, -0.25) is 4.79 Å². The predicted octanol–water partition coefficient (Wildman–Crippen LogP) is -1.72. The Morgan fingerprint density at radius 2 is 1.80 bits per heavy atom. The van der Waals surface area contributed by atoms with Gasteiger partial charge in [0, 0.05) is 26.2 Å². The molecule has 1 saturated heterocycles. The lowest BCUT2D eigenvalue weighted by Gasteiger charge is -2.07. The Kier molecular flexibility index (Phi) is 2.65. The van der Waals surface area contributed by atoms with Crippen molar-refractivity contribution in [2.75, 3.05) is 26.2 Å². The van der Waals surface area contributed by atoms with Gasteiger partial charge in [0.05, 0.1) is 5.92 Å². The van der Waals surface area contributed by atoms with Gasteiger partial charge in [0.2, 0.25) is 5.91 Å². The lowest BCUT2D eigenvalue weighted by molar-refractivity contribution is -0.121. The van der Waals surface area contributed by atoms with E-state index in [2.05, 4.69) is 10.6 Å². The van der Waals surface area contributed by atoms with E-state index in [1.54, 1.807) is 0 Å². The first-order valence-electron chi connectivity index (χ1n) is 3.51. The number of carbonyl (C=O) groups excluding carboxylic acids is 1. The number of primary amides is 1. The highest BCUT2D eigenvalue weighted by Crippen LogP contribution is 1.92. The van der Waals surface area contributed by atoms with Crippen molar-refractivity contribution in [1.29, 1.82) is 0 Å². The summed E-state index contributed by atoms with van der Waals surface area (Å²) >= 11 is 0. The Hall–Kier alpha value is -0.610. The maximum atomic E-state index is 10.6. The fourth-order valence-electron chi connectivity index (χ4n) is 1.00. The summed E-state index contributed by atoms with van der Waals surface area (Å²) in [6, 6.07) is 0. The molecule has 0 saturated carbocycles. The largest absolute Gasteiger partial charge is 0.369 e. The standard InChI is InChI=1S/C6H13N3O/c7-6(10)5-3-8-1-2-9-4-5/h5,8-9H,1-4H2,(H2,7,10). The van der Waals surface area contributed by atoms with Crippen LogP contribution in [0, 0.1) is 5.92 Å². The summed E-state index contributed by atoms with van der Waals surface area (Å²) in [6.07, 6.45) is 0. The second kappa shape index (κ2) is 3.53. The Bertz CT molecular complexity index is 118. The second-order valence-corrected chi connectivity index (χ2v) is 2.51. The first kappa shape index (κ1) is 7.50. The van der Waals surface area contributed by atoms with Gasteiger partial charge < -0.3 is 16.4 Å². The molecule has 10 heavy (non-hydrogen) atoms. The summed E-state index contributed by atoms with van der Waals surface area (Å²) in [6.45, 7) is 3.26. The second-order valence-electron chi connectivity index (χ2n) is 2.51. The molecule has 0 spiro atoms. The summed E-state index contributed by atoms with van der Waals surface area (Å²) in [5.74, 6) is -0.260. The van der Waals surface area contributed by atoms with Gasteiger partial charge in [0.1, 0.15) is 0 Å². The van der Waals surface area contributed by atoms with Crippen LogP contribution in [0.1, 0.15) is 0 Å². The molecule has 58 valence electrons. The van der Waals surface area contributed by atoms with Crippen LogP contribution < -0.4 is 16.4 Å². The topological polar surface area (TPSA) is 67.2 Å². The first-order valence-corrected chi connectivity index (χ1v) is 3.51. The minimum atomic E-state index is -0.220. The minimum absolute atomic E-state index is 0.0394. The Morgan fingerprint density at radius 3 is 2.20 bits per heavy atom.